The van der Waals surface area contributed by atoms with Crippen LogP contribution in [-0.2, 0) is 0 Å². The van der Waals surface area contributed by atoms with E-state index in [-0.39, 0.29) is 16.9 Å². The maximum absolute atomic E-state index is 9.73. The molecule has 1 N–H and O–H groups in total. The van der Waals surface area contributed by atoms with Crippen molar-refractivity contribution < 1.29 is 5.11 Å². The molecule has 0 heterocycles. The van der Waals surface area contributed by atoms with E-state index in [4.69, 9.17) is 0 Å². The van der Waals surface area contributed by atoms with Gasteiger partial charge in [0, 0.05) is 5.41 Å². The van der Waals surface area contributed by atoms with Crippen LogP contribution in [0.5, 0.6) is 0 Å². The molecule has 1 rings (SSSR count). The second kappa shape index (κ2) is 4.97. The lowest BCUT2D eigenvalue weighted by Crippen LogP contribution is -2.28. The van der Waals surface area contributed by atoms with Gasteiger partial charge in [0.1, 0.15) is 0 Å². The topological polar surface area (TPSA) is 20.2 Å². The molecule has 1 unspecified atom stereocenters. The van der Waals surface area contributed by atoms with Gasteiger partial charge in [-0.3, -0.25) is 0 Å². The highest BCUT2D eigenvalue weighted by atomic mass is 16.3. The molecule has 0 aromatic rings. The first-order chi connectivity index (χ1) is 7.68. The molecule has 0 aromatic carbocycles. The smallest absolute Gasteiger partial charge is 0.0597 e. The minimum atomic E-state index is -0.304. The monoisotopic (exact) mass is 236 g/mol. The molecule has 0 fully saturated rings. The van der Waals surface area contributed by atoms with Crippen LogP contribution in [0.2, 0.25) is 0 Å². The molecule has 1 aliphatic carbocycles. The number of rotatable bonds is 3. The largest absolute Gasteiger partial charge is 0.393 e. The summed E-state index contributed by atoms with van der Waals surface area (Å²) in [6, 6.07) is 0. The van der Waals surface area contributed by atoms with E-state index >= 15 is 0 Å². The van der Waals surface area contributed by atoms with Gasteiger partial charge in [-0.1, -0.05) is 51.5 Å². The third-order valence-electron chi connectivity index (χ3n) is 4.71. The van der Waals surface area contributed by atoms with Crippen molar-refractivity contribution in [1.82, 2.24) is 0 Å². The van der Waals surface area contributed by atoms with E-state index in [1.54, 1.807) is 0 Å². The second-order valence-corrected chi connectivity index (χ2v) is 6.65. The molecule has 0 radical (unpaired) electrons. The third kappa shape index (κ3) is 3.22. The van der Waals surface area contributed by atoms with Crippen LogP contribution < -0.4 is 0 Å². The van der Waals surface area contributed by atoms with Gasteiger partial charge < -0.3 is 5.11 Å². The van der Waals surface area contributed by atoms with Gasteiger partial charge in [-0.25, -0.2) is 0 Å². The summed E-state index contributed by atoms with van der Waals surface area (Å²) >= 11 is 0. The van der Waals surface area contributed by atoms with Crippen LogP contribution >= 0.6 is 0 Å². The molecule has 0 aliphatic heterocycles. The highest BCUT2D eigenvalue weighted by Gasteiger charge is 2.32. The van der Waals surface area contributed by atoms with E-state index in [2.05, 4.69) is 52.8 Å². The zero-order valence-corrected chi connectivity index (χ0v) is 12.2. The van der Waals surface area contributed by atoms with Crippen molar-refractivity contribution in [2.45, 2.75) is 60.5 Å². The summed E-state index contributed by atoms with van der Waals surface area (Å²) in [7, 11) is 0. The maximum Gasteiger partial charge on any atom is 0.0597 e. The second-order valence-electron chi connectivity index (χ2n) is 6.65. The van der Waals surface area contributed by atoms with Gasteiger partial charge in [-0.2, -0.15) is 0 Å². The van der Waals surface area contributed by atoms with E-state index in [9.17, 15) is 5.11 Å². The van der Waals surface area contributed by atoms with Crippen LogP contribution in [-0.4, -0.2) is 11.2 Å². The molecule has 2 atom stereocenters. The van der Waals surface area contributed by atoms with Crippen molar-refractivity contribution in [3.05, 3.63) is 23.8 Å². The SMILES string of the molecule is CC1=CCC[C@H](/C=C/C(C)(C)C(C)O)C1(C)C. The van der Waals surface area contributed by atoms with E-state index in [1.165, 1.54) is 18.4 Å². The Morgan fingerprint density at radius 3 is 2.59 bits per heavy atom. The fourth-order valence-corrected chi connectivity index (χ4v) is 2.24. The molecular weight excluding hydrogens is 208 g/mol. The summed E-state index contributed by atoms with van der Waals surface area (Å²) in [5.74, 6) is 0.588. The van der Waals surface area contributed by atoms with Gasteiger partial charge in [0.25, 0.3) is 0 Å². The lowest BCUT2D eigenvalue weighted by atomic mass is 9.67. The molecular formula is C16H28O. The van der Waals surface area contributed by atoms with Gasteiger partial charge in [-0.15, -0.1) is 0 Å². The fraction of sp³-hybridized carbons (Fsp3) is 0.750. The van der Waals surface area contributed by atoms with E-state index in [0.29, 0.717) is 5.92 Å². The van der Waals surface area contributed by atoms with Gasteiger partial charge >= 0.3 is 0 Å². The Morgan fingerprint density at radius 2 is 2.06 bits per heavy atom. The van der Waals surface area contributed by atoms with Gasteiger partial charge in [0.15, 0.2) is 0 Å². The summed E-state index contributed by atoms with van der Waals surface area (Å²) in [6.07, 6.45) is 8.98. The predicted octanol–water partition coefficient (Wildman–Crippen LogP) is 4.33. The molecule has 1 aliphatic rings. The zero-order chi connectivity index (χ0) is 13.3. The molecule has 1 nitrogen and oxygen atoms in total. The highest BCUT2D eigenvalue weighted by Crippen LogP contribution is 2.42. The minimum Gasteiger partial charge on any atom is -0.393 e. The minimum absolute atomic E-state index is 0.134. The summed E-state index contributed by atoms with van der Waals surface area (Å²) in [6.45, 7) is 12.9. The number of allylic oxidation sites excluding steroid dienone is 3. The van der Waals surface area contributed by atoms with Gasteiger partial charge in [-0.05, 0) is 38.0 Å². The van der Waals surface area contributed by atoms with Crippen LogP contribution in [0.3, 0.4) is 0 Å². The number of aliphatic hydroxyl groups is 1. The van der Waals surface area contributed by atoms with Crippen LogP contribution in [0.25, 0.3) is 0 Å². The molecule has 0 aromatic heterocycles. The molecule has 0 amide bonds. The number of hydrogen-bond acceptors (Lipinski definition) is 1. The average Bonchev–Trinajstić information content (AvgIpc) is 2.20. The Kier molecular flexibility index (Phi) is 4.24. The van der Waals surface area contributed by atoms with E-state index < -0.39 is 0 Å². The van der Waals surface area contributed by atoms with Crippen molar-refractivity contribution in [1.29, 1.82) is 0 Å². The molecule has 0 saturated heterocycles. The number of aliphatic hydroxyl groups excluding tert-OH is 1. The standard InChI is InChI=1S/C16H28O/c1-12-8-7-9-14(16(12,5)6)10-11-15(3,4)13(2)17/h8,10-11,13-14,17H,7,9H2,1-6H3/b11-10+/t13?,14-/m1/s1. The fourth-order valence-electron chi connectivity index (χ4n) is 2.24. The summed E-state index contributed by atoms with van der Waals surface area (Å²) in [5, 5.41) is 9.73. The summed E-state index contributed by atoms with van der Waals surface area (Å²) in [4.78, 5) is 0. The Labute approximate surface area is 107 Å². The lowest BCUT2D eigenvalue weighted by molar-refractivity contribution is 0.0987. The van der Waals surface area contributed by atoms with Gasteiger partial charge in [0.2, 0.25) is 0 Å². The molecule has 0 saturated carbocycles. The first-order valence-corrected chi connectivity index (χ1v) is 6.72. The quantitative estimate of drug-likeness (QED) is 0.723. The molecule has 98 valence electrons. The Morgan fingerprint density at radius 1 is 1.47 bits per heavy atom. The number of hydrogen-bond donors (Lipinski definition) is 1. The van der Waals surface area contributed by atoms with Crippen molar-refractivity contribution in [3.63, 3.8) is 0 Å². The van der Waals surface area contributed by atoms with Crippen molar-refractivity contribution >= 4 is 0 Å². The third-order valence-corrected chi connectivity index (χ3v) is 4.71. The van der Waals surface area contributed by atoms with Crippen molar-refractivity contribution in [2.24, 2.45) is 16.7 Å². The summed E-state index contributed by atoms with van der Waals surface area (Å²) in [5.41, 5.74) is 1.61. The molecule has 17 heavy (non-hydrogen) atoms. The Bertz CT molecular complexity index is 318. The van der Waals surface area contributed by atoms with Gasteiger partial charge in [0.05, 0.1) is 6.10 Å². The molecule has 0 spiro atoms. The van der Waals surface area contributed by atoms with Crippen LogP contribution in [0.4, 0.5) is 0 Å². The predicted molar refractivity (Wildman–Crippen MR) is 74.9 cm³/mol. The lowest BCUT2D eigenvalue weighted by Gasteiger charge is -2.38. The van der Waals surface area contributed by atoms with Crippen LogP contribution in [0, 0.1) is 16.7 Å². The van der Waals surface area contributed by atoms with Crippen molar-refractivity contribution in [3.8, 4) is 0 Å². The molecule has 0 bridgehead atoms. The molecule has 1 heteroatoms. The zero-order valence-electron chi connectivity index (χ0n) is 12.2. The average molecular weight is 236 g/mol. The Balaban J connectivity index is 2.83. The summed E-state index contributed by atoms with van der Waals surface area (Å²) < 4.78 is 0. The van der Waals surface area contributed by atoms with Crippen LogP contribution in [0.15, 0.2) is 23.8 Å². The van der Waals surface area contributed by atoms with Crippen molar-refractivity contribution in [2.75, 3.05) is 0 Å². The Hall–Kier alpha value is -0.560. The first kappa shape index (κ1) is 14.5. The maximum atomic E-state index is 9.73. The van der Waals surface area contributed by atoms with E-state index in [1.807, 2.05) is 6.92 Å². The normalized spacial score (nSPS) is 27.0. The highest BCUT2D eigenvalue weighted by molar-refractivity contribution is 5.19. The first-order valence-electron chi connectivity index (χ1n) is 6.72. The van der Waals surface area contributed by atoms with E-state index in [0.717, 1.165) is 0 Å². The van der Waals surface area contributed by atoms with Crippen LogP contribution in [0.1, 0.15) is 54.4 Å².